The summed E-state index contributed by atoms with van der Waals surface area (Å²) >= 11 is 0. The number of fused-ring (bicyclic) bond motifs is 1. The molecule has 0 bridgehead atoms. The molecule has 0 aromatic heterocycles. The maximum atomic E-state index is 12.1. The van der Waals surface area contributed by atoms with Crippen molar-refractivity contribution in [2.24, 2.45) is 0 Å². The Labute approximate surface area is 123 Å². The minimum atomic E-state index is -0.110. The number of amides is 1. The summed E-state index contributed by atoms with van der Waals surface area (Å²) in [6.45, 7) is 1.17. The molecule has 0 aliphatic carbocycles. The zero-order valence-corrected chi connectivity index (χ0v) is 11.7. The zero-order valence-electron chi connectivity index (χ0n) is 11.7. The lowest BCUT2D eigenvalue weighted by Crippen LogP contribution is -2.31. The lowest BCUT2D eigenvalue weighted by Gasteiger charge is -2.26. The van der Waals surface area contributed by atoms with Crippen LogP contribution in [0.2, 0.25) is 0 Å². The van der Waals surface area contributed by atoms with Crippen LogP contribution in [0.1, 0.15) is 27.6 Å². The largest absolute Gasteiger partial charge is 0.399 e. The van der Waals surface area contributed by atoms with Crippen LogP contribution in [-0.4, -0.2) is 19.1 Å². The first-order valence-corrected chi connectivity index (χ1v) is 7.07. The molecular formula is C17H18N2O2. The number of nitrogen functional groups attached to an aromatic ring is 1. The highest BCUT2D eigenvalue weighted by atomic mass is 16.5. The van der Waals surface area contributed by atoms with Crippen LogP contribution < -0.4 is 11.1 Å². The third kappa shape index (κ3) is 3.06. The molecule has 0 saturated heterocycles. The van der Waals surface area contributed by atoms with Gasteiger partial charge >= 0.3 is 0 Å². The minimum Gasteiger partial charge on any atom is -0.399 e. The number of nitrogens with one attached hydrogen (secondary N) is 1. The Bertz CT molecular complexity index is 637. The molecule has 3 rings (SSSR count). The second kappa shape index (κ2) is 5.97. The highest BCUT2D eigenvalue weighted by Gasteiger charge is 2.20. The fourth-order valence-electron chi connectivity index (χ4n) is 2.57. The molecule has 4 heteroatoms. The predicted octanol–water partition coefficient (Wildman–Crippen LogP) is 2.31. The number of rotatable bonds is 3. The van der Waals surface area contributed by atoms with Gasteiger partial charge < -0.3 is 15.8 Å². The number of benzene rings is 2. The Kier molecular flexibility index (Phi) is 3.88. The maximum Gasteiger partial charge on any atom is 0.251 e. The third-order valence-electron chi connectivity index (χ3n) is 3.71. The normalized spacial score (nSPS) is 17.0. The molecular weight excluding hydrogens is 264 g/mol. The molecule has 0 fully saturated rings. The van der Waals surface area contributed by atoms with E-state index in [1.165, 1.54) is 11.1 Å². The van der Waals surface area contributed by atoms with Crippen LogP contribution in [0.4, 0.5) is 5.69 Å². The molecule has 2 aromatic rings. The van der Waals surface area contributed by atoms with Gasteiger partial charge in [0.2, 0.25) is 0 Å². The molecule has 0 spiro atoms. The lowest BCUT2D eigenvalue weighted by atomic mass is 9.97. The van der Waals surface area contributed by atoms with Crippen LogP contribution in [0.15, 0.2) is 48.5 Å². The molecule has 1 unspecified atom stereocenters. The van der Waals surface area contributed by atoms with Crippen molar-refractivity contribution in [2.75, 3.05) is 18.9 Å². The van der Waals surface area contributed by atoms with Crippen LogP contribution >= 0.6 is 0 Å². The van der Waals surface area contributed by atoms with Crippen LogP contribution in [0.3, 0.4) is 0 Å². The average molecular weight is 282 g/mol. The summed E-state index contributed by atoms with van der Waals surface area (Å²) in [5, 5.41) is 2.92. The average Bonchev–Trinajstić information content (AvgIpc) is 2.53. The number of carbonyl (C=O) groups excluding carboxylic acids is 1. The summed E-state index contributed by atoms with van der Waals surface area (Å²) in [6.07, 6.45) is 0.853. The van der Waals surface area contributed by atoms with Gasteiger partial charge in [0, 0.05) is 17.8 Å². The Morgan fingerprint density at radius 3 is 2.76 bits per heavy atom. The van der Waals surface area contributed by atoms with E-state index in [9.17, 15) is 4.79 Å². The second-order valence-electron chi connectivity index (χ2n) is 5.14. The van der Waals surface area contributed by atoms with Gasteiger partial charge in [-0.25, -0.2) is 0 Å². The molecule has 1 aliphatic rings. The van der Waals surface area contributed by atoms with Crippen molar-refractivity contribution in [1.29, 1.82) is 0 Å². The van der Waals surface area contributed by atoms with Crippen molar-refractivity contribution in [3.05, 3.63) is 65.2 Å². The number of anilines is 1. The van der Waals surface area contributed by atoms with E-state index in [0.717, 1.165) is 6.42 Å². The lowest BCUT2D eigenvalue weighted by molar-refractivity contribution is 0.0411. The van der Waals surface area contributed by atoms with Crippen molar-refractivity contribution in [3.8, 4) is 0 Å². The standard InChI is InChI=1S/C17H18N2O2/c18-14-7-5-13(6-8-14)17(20)19-11-16-15-4-2-1-3-12(15)9-10-21-16/h1-8,16H,9-11,18H2,(H,19,20). The van der Waals surface area contributed by atoms with Gasteiger partial charge in [-0.05, 0) is 41.8 Å². The second-order valence-corrected chi connectivity index (χ2v) is 5.14. The van der Waals surface area contributed by atoms with Crippen molar-refractivity contribution < 1.29 is 9.53 Å². The van der Waals surface area contributed by atoms with E-state index < -0.39 is 0 Å². The van der Waals surface area contributed by atoms with Gasteiger partial charge in [-0.15, -0.1) is 0 Å². The van der Waals surface area contributed by atoms with E-state index in [1.54, 1.807) is 24.3 Å². The van der Waals surface area contributed by atoms with E-state index >= 15 is 0 Å². The molecule has 0 saturated carbocycles. The summed E-state index contributed by atoms with van der Waals surface area (Å²) in [4.78, 5) is 12.1. The van der Waals surface area contributed by atoms with Crippen molar-refractivity contribution in [1.82, 2.24) is 5.32 Å². The molecule has 0 radical (unpaired) electrons. The van der Waals surface area contributed by atoms with E-state index in [-0.39, 0.29) is 12.0 Å². The molecule has 2 aromatic carbocycles. The Morgan fingerprint density at radius 1 is 1.19 bits per heavy atom. The Balaban J connectivity index is 1.66. The van der Waals surface area contributed by atoms with E-state index in [4.69, 9.17) is 10.5 Å². The van der Waals surface area contributed by atoms with Crippen molar-refractivity contribution in [3.63, 3.8) is 0 Å². The molecule has 1 aliphatic heterocycles. The monoisotopic (exact) mass is 282 g/mol. The number of carbonyl (C=O) groups is 1. The van der Waals surface area contributed by atoms with Gasteiger partial charge in [0.05, 0.1) is 6.61 Å². The molecule has 1 amide bonds. The van der Waals surface area contributed by atoms with Gasteiger partial charge in [-0.1, -0.05) is 24.3 Å². The summed E-state index contributed by atoms with van der Waals surface area (Å²) in [7, 11) is 0. The van der Waals surface area contributed by atoms with Gasteiger partial charge in [0.25, 0.3) is 5.91 Å². The number of nitrogens with two attached hydrogens (primary N) is 1. The maximum absolute atomic E-state index is 12.1. The highest BCUT2D eigenvalue weighted by molar-refractivity contribution is 5.94. The van der Waals surface area contributed by atoms with Crippen molar-refractivity contribution in [2.45, 2.75) is 12.5 Å². The Hall–Kier alpha value is -2.33. The van der Waals surface area contributed by atoms with Crippen LogP contribution in [-0.2, 0) is 11.2 Å². The van der Waals surface area contributed by atoms with E-state index in [0.29, 0.717) is 24.4 Å². The fraction of sp³-hybridized carbons (Fsp3) is 0.235. The summed E-state index contributed by atoms with van der Waals surface area (Å²) in [6, 6.07) is 15.1. The fourth-order valence-corrected chi connectivity index (χ4v) is 2.57. The van der Waals surface area contributed by atoms with Crippen molar-refractivity contribution >= 4 is 11.6 Å². The topological polar surface area (TPSA) is 64.4 Å². The van der Waals surface area contributed by atoms with E-state index in [2.05, 4.69) is 17.4 Å². The van der Waals surface area contributed by atoms with Gasteiger partial charge in [-0.2, -0.15) is 0 Å². The summed E-state index contributed by atoms with van der Waals surface area (Å²) < 4.78 is 5.78. The Morgan fingerprint density at radius 2 is 1.95 bits per heavy atom. The van der Waals surface area contributed by atoms with Crippen LogP contribution in [0.5, 0.6) is 0 Å². The first-order valence-electron chi connectivity index (χ1n) is 7.07. The summed E-state index contributed by atoms with van der Waals surface area (Å²) in [5.41, 5.74) is 9.34. The molecule has 21 heavy (non-hydrogen) atoms. The number of ether oxygens (including phenoxy) is 1. The minimum absolute atomic E-state index is 0.0762. The molecule has 1 heterocycles. The zero-order chi connectivity index (χ0) is 14.7. The molecule has 108 valence electrons. The first-order chi connectivity index (χ1) is 10.2. The quantitative estimate of drug-likeness (QED) is 0.849. The van der Waals surface area contributed by atoms with Gasteiger partial charge in [0.1, 0.15) is 6.10 Å². The van der Waals surface area contributed by atoms with Gasteiger partial charge in [0.15, 0.2) is 0 Å². The van der Waals surface area contributed by atoms with E-state index in [1.807, 2.05) is 12.1 Å². The van der Waals surface area contributed by atoms with Gasteiger partial charge in [-0.3, -0.25) is 4.79 Å². The number of hydrogen-bond acceptors (Lipinski definition) is 3. The number of hydrogen-bond donors (Lipinski definition) is 2. The summed E-state index contributed by atoms with van der Waals surface area (Å²) in [5.74, 6) is -0.110. The highest BCUT2D eigenvalue weighted by Crippen LogP contribution is 2.26. The van der Waals surface area contributed by atoms with Crippen LogP contribution in [0, 0.1) is 0 Å². The first kappa shape index (κ1) is 13.6. The smallest absolute Gasteiger partial charge is 0.251 e. The predicted molar refractivity (Wildman–Crippen MR) is 82.0 cm³/mol. The van der Waals surface area contributed by atoms with Crippen LogP contribution in [0.25, 0.3) is 0 Å². The molecule has 1 atom stereocenters. The molecule has 4 nitrogen and oxygen atoms in total. The third-order valence-corrected chi connectivity index (χ3v) is 3.71. The molecule has 3 N–H and O–H groups in total. The SMILES string of the molecule is Nc1ccc(C(=O)NCC2OCCc3ccccc32)cc1.